The van der Waals surface area contributed by atoms with Gasteiger partial charge in [-0.15, -0.1) is 0 Å². The third kappa shape index (κ3) is 4.41. The molecule has 1 amide bonds. The molecule has 0 saturated heterocycles. The summed E-state index contributed by atoms with van der Waals surface area (Å²) in [7, 11) is 3.13. The fraction of sp³-hybridized carbons (Fsp3) is 0.100. The predicted molar refractivity (Wildman–Crippen MR) is 112 cm³/mol. The first-order valence-electron chi connectivity index (χ1n) is 8.44. The molecule has 28 heavy (non-hydrogen) atoms. The topological polar surface area (TPSA) is 76.5 Å². The molecule has 0 atom stereocenters. The maximum Gasteiger partial charge on any atom is 0.271 e. The molecule has 0 radical (unpaired) electrons. The van der Waals surface area contributed by atoms with Gasteiger partial charge in [0.15, 0.2) is 5.11 Å². The second kappa shape index (κ2) is 8.92. The van der Waals surface area contributed by atoms with E-state index in [-0.39, 0.29) is 11.0 Å². The van der Waals surface area contributed by atoms with Gasteiger partial charge < -0.3 is 19.4 Å². The summed E-state index contributed by atoms with van der Waals surface area (Å²) in [4.78, 5) is 12.6. The highest BCUT2D eigenvalue weighted by Crippen LogP contribution is 2.28. The van der Waals surface area contributed by atoms with Crippen molar-refractivity contribution in [1.29, 1.82) is 0 Å². The van der Waals surface area contributed by atoms with Gasteiger partial charge in [-0.2, -0.15) is 0 Å². The molecule has 0 aliphatic rings. The average Bonchev–Trinajstić information content (AvgIpc) is 3.27. The molecule has 3 N–H and O–H groups in total. The summed E-state index contributed by atoms with van der Waals surface area (Å²) in [5.41, 5.74) is 7.23. The van der Waals surface area contributed by atoms with Crippen molar-refractivity contribution in [2.45, 2.75) is 0 Å². The lowest BCUT2D eigenvalue weighted by Crippen LogP contribution is -2.44. The number of nitrogens with one attached hydrogen (secondary N) is 3. The maximum absolute atomic E-state index is 12.6. The van der Waals surface area contributed by atoms with Crippen molar-refractivity contribution >= 4 is 28.9 Å². The SMILES string of the molecule is COc1ccc(NC(=S)NNC(=O)c2ccccc2-n2cccc2)c(OC)c1. The van der Waals surface area contributed by atoms with Crippen LogP contribution in [0.4, 0.5) is 5.69 Å². The van der Waals surface area contributed by atoms with Crippen molar-refractivity contribution < 1.29 is 14.3 Å². The second-order valence-corrected chi connectivity index (χ2v) is 6.12. The third-order valence-electron chi connectivity index (χ3n) is 3.98. The molecule has 1 heterocycles. The van der Waals surface area contributed by atoms with Crippen LogP contribution in [0.2, 0.25) is 0 Å². The number of hydrogen-bond donors (Lipinski definition) is 3. The Labute approximate surface area is 168 Å². The van der Waals surface area contributed by atoms with Gasteiger partial charge in [-0.05, 0) is 48.6 Å². The fourth-order valence-corrected chi connectivity index (χ4v) is 2.78. The highest BCUT2D eigenvalue weighted by Gasteiger charge is 2.13. The van der Waals surface area contributed by atoms with E-state index in [9.17, 15) is 4.79 Å². The number of carbonyl (C=O) groups is 1. The summed E-state index contributed by atoms with van der Waals surface area (Å²) in [5, 5.41) is 3.20. The van der Waals surface area contributed by atoms with Crippen molar-refractivity contribution in [3.8, 4) is 17.2 Å². The molecule has 0 bridgehead atoms. The lowest BCUT2D eigenvalue weighted by atomic mass is 10.1. The van der Waals surface area contributed by atoms with Gasteiger partial charge in [0.25, 0.3) is 5.91 Å². The molecule has 144 valence electrons. The van der Waals surface area contributed by atoms with Gasteiger partial charge in [0, 0.05) is 18.5 Å². The molecule has 3 aromatic rings. The zero-order chi connectivity index (χ0) is 19.9. The van der Waals surface area contributed by atoms with Gasteiger partial charge in [-0.3, -0.25) is 15.6 Å². The van der Waals surface area contributed by atoms with Crippen LogP contribution < -0.4 is 25.6 Å². The summed E-state index contributed by atoms with van der Waals surface area (Å²) >= 11 is 5.26. The Morgan fingerprint density at radius 1 is 0.964 bits per heavy atom. The fourth-order valence-electron chi connectivity index (χ4n) is 2.62. The first kappa shape index (κ1) is 19.2. The predicted octanol–water partition coefficient (Wildman–Crippen LogP) is 3.13. The Morgan fingerprint density at radius 3 is 2.43 bits per heavy atom. The van der Waals surface area contributed by atoms with Crippen molar-refractivity contribution in [3.05, 3.63) is 72.6 Å². The number of nitrogens with zero attached hydrogens (tertiary/aromatic N) is 1. The summed E-state index contributed by atoms with van der Waals surface area (Å²) in [6.45, 7) is 0. The number of hydrogen-bond acceptors (Lipinski definition) is 4. The number of carbonyl (C=O) groups excluding carboxylic acids is 1. The Morgan fingerprint density at radius 2 is 1.71 bits per heavy atom. The summed E-state index contributed by atoms with van der Waals surface area (Å²) in [5.74, 6) is 0.916. The largest absolute Gasteiger partial charge is 0.497 e. The quantitative estimate of drug-likeness (QED) is 0.454. The highest BCUT2D eigenvalue weighted by atomic mass is 32.1. The van der Waals surface area contributed by atoms with Crippen LogP contribution in [-0.2, 0) is 0 Å². The molecule has 0 aliphatic carbocycles. The van der Waals surface area contributed by atoms with Gasteiger partial charge in [0.1, 0.15) is 11.5 Å². The zero-order valence-electron chi connectivity index (χ0n) is 15.4. The first-order valence-corrected chi connectivity index (χ1v) is 8.85. The maximum atomic E-state index is 12.6. The zero-order valence-corrected chi connectivity index (χ0v) is 16.2. The van der Waals surface area contributed by atoms with Gasteiger partial charge in [0.05, 0.1) is 31.2 Å². The van der Waals surface area contributed by atoms with Crippen molar-refractivity contribution in [2.24, 2.45) is 0 Å². The lowest BCUT2D eigenvalue weighted by Gasteiger charge is -2.15. The van der Waals surface area contributed by atoms with Crippen LogP contribution >= 0.6 is 12.2 Å². The third-order valence-corrected chi connectivity index (χ3v) is 4.18. The van der Waals surface area contributed by atoms with E-state index < -0.39 is 0 Å². The molecular formula is C20H20N4O3S. The summed E-state index contributed by atoms with van der Waals surface area (Å²) in [6, 6.07) is 16.4. The lowest BCUT2D eigenvalue weighted by molar-refractivity contribution is 0.0944. The van der Waals surface area contributed by atoms with Crippen LogP contribution in [0.25, 0.3) is 5.69 Å². The van der Waals surface area contributed by atoms with E-state index >= 15 is 0 Å². The van der Waals surface area contributed by atoms with E-state index in [2.05, 4.69) is 16.2 Å². The molecule has 0 fully saturated rings. The van der Waals surface area contributed by atoms with E-state index in [1.807, 2.05) is 41.2 Å². The van der Waals surface area contributed by atoms with E-state index in [4.69, 9.17) is 21.7 Å². The molecule has 0 saturated carbocycles. The number of thiocarbonyl (C=S) groups is 1. The molecular weight excluding hydrogens is 376 g/mol. The number of anilines is 1. The normalized spacial score (nSPS) is 10.1. The highest BCUT2D eigenvalue weighted by molar-refractivity contribution is 7.80. The van der Waals surface area contributed by atoms with Crippen LogP contribution in [0, 0.1) is 0 Å². The van der Waals surface area contributed by atoms with Gasteiger partial charge in [-0.25, -0.2) is 0 Å². The number of amides is 1. The molecule has 8 heteroatoms. The van der Waals surface area contributed by atoms with Crippen LogP contribution in [-0.4, -0.2) is 29.8 Å². The number of methoxy groups -OCH3 is 2. The smallest absolute Gasteiger partial charge is 0.271 e. The Bertz CT molecular complexity index is 973. The number of ether oxygens (including phenoxy) is 2. The Kier molecular flexibility index (Phi) is 6.13. The average molecular weight is 396 g/mol. The number of rotatable bonds is 5. The van der Waals surface area contributed by atoms with E-state index in [1.54, 1.807) is 44.6 Å². The van der Waals surface area contributed by atoms with Gasteiger partial charge >= 0.3 is 0 Å². The first-order chi connectivity index (χ1) is 13.6. The number of para-hydroxylation sites is 1. The number of hydrazine groups is 1. The second-order valence-electron chi connectivity index (χ2n) is 5.71. The van der Waals surface area contributed by atoms with Crippen LogP contribution in [0.5, 0.6) is 11.5 Å². The van der Waals surface area contributed by atoms with Crippen molar-refractivity contribution in [1.82, 2.24) is 15.4 Å². The molecule has 3 rings (SSSR count). The summed E-state index contributed by atoms with van der Waals surface area (Å²) in [6.07, 6.45) is 3.75. The Balaban J connectivity index is 1.65. The molecule has 2 aromatic carbocycles. The van der Waals surface area contributed by atoms with Crippen LogP contribution in [0.1, 0.15) is 10.4 Å². The molecule has 0 aliphatic heterocycles. The van der Waals surface area contributed by atoms with Gasteiger partial charge in [0.2, 0.25) is 0 Å². The minimum absolute atomic E-state index is 0.218. The molecule has 0 unspecified atom stereocenters. The standard InChI is InChI=1S/C20H20N4O3S/c1-26-14-9-10-16(18(13-14)27-2)21-20(28)23-22-19(25)15-7-3-4-8-17(15)24-11-5-6-12-24/h3-13H,1-2H3,(H,22,25)(H2,21,23,28). The number of aromatic nitrogens is 1. The van der Waals surface area contributed by atoms with Crippen LogP contribution in [0.15, 0.2) is 67.0 Å². The van der Waals surface area contributed by atoms with E-state index in [0.29, 0.717) is 22.7 Å². The molecule has 1 aromatic heterocycles. The van der Waals surface area contributed by atoms with Gasteiger partial charge in [-0.1, -0.05) is 12.1 Å². The minimum Gasteiger partial charge on any atom is -0.497 e. The molecule has 0 spiro atoms. The van der Waals surface area contributed by atoms with Crippen molar-refractivity contribution in [2.75, 3.05) is 19.5 Å². The molecule has 7 nitrogen and oxygen atoms in total. The minimum atomic E-state index is -0.310. The van der Waals surface area contributed by atoms with Crippen molar-refractivity contribution in [3.63, 3.8) is 0 Å². The van der Waals surface area contributed by atoms with E-state index in [0.717, 1.165) is 5.69 Å². The Hall–Kier alpha value is -3.52. The monoisotopic (exact) mass is 396 g/mol. The van der Waals surface area contributed by atoms with Crippen LogP contribution in [0.3, 0.4) is 0 Å². The summed E-state index contributed by atoms with van der Waals surface area (Å²) < 4.78 is 12.4. The van der Waals surface area contributed by atoms with E-state index in [1.165, 1.54) is 0 Å². The number of benzene rings is 2.